The Bertz CT molecular complexity index is 1060. The zero-order valence-electron chi connectivity index (χ0n) is 17.6. The first-order valence-corrected chi connectivity index (χ1v) is 10.7. The smallest absolute Gasteiger partial charge is 0.337 e. The average molecular weight is 427 g/mol. The van der Waals surface area contributed by atoms with Crippen LogP contribution in [0.15, 0.2) is 35.7 Å². The Balaban J connectivity index is 1.77. The number of benzene rings is 1. The van der Waals surface area contributed by atoms with Crippen LogP contribution >= 0.6 is 11.3 Å². The molecular weight excluding hydrogens is 400 g/mol. The van der Waals surface area contributed by atoms with Crippen molar-refractivity contribution in [2.75, 3.05) is 23.8 Å². The molecule has 0 saturated heterocycles. The molecule has 0 fully saturated rings. The van der Waals surface area contributed by atoms with E-state index in [4.69, 9.17) is 0 Å². The van der Waals surface area contributed by atoms with E-state index in [1.165, 1.54) is 23.0 Å². The van der Waals surface area contributed by atoms with Crippen molar-refractivity contribution in [2.24, 2.45) is 0 Å². The van der Waals surface area contributed by atoms with Crippen molar-refractivity contribution < 1.29 is 14.7 Å². The fraction of sp³-hybridized carbons (Fsp3) is 0.318. The van der Waals surface area contributed by atoms with Crippen molar-refractivity contribution in [3.05, 3.63) is 63.1 Å². The fourth-order valence-corrected chi connectivity index (χ4v) is 4.14. The Hall–Kier alpha value is -3.13. The summed E-state index contributed by atoms with van der Waals surface area (Å²) in [6.45, 7) is 7.60. The topological polar surface area (TPSA) is 87.5 Å². The molecule has 0 radical (unpaired) electrons. The molecule has 0 aliphatic heterocycles. The van der Waals surface area contributed by atoms with Gasteiger partial charge in [-0.2, -0.15) is 5.10 Å². The number of carbonyl (C=O) groups excluding carboxylic acids is 1. The van der Waals surface area contributed by atoms with Gasteiger partial charge in [-0.3, -0.25) is 9.48 Å². The van der Waals surface area contributed by atoms with E-state index in [1.807, 2.05) is 28.9 Å². The van der Waals surface area contributed by atoms with Crippen LogP contribution in [0.4, 0.5) is 11.4 Å². The highest BCUT2D eigenvalue weighted by atomic mass is 32.1. The zero-order chi connectivity index (χ0) is 21.8. The first-order chi connectivity index (χ1) is 14.3. The van der Waals surface area contributed by atoms with E-state index < -0.39 is 5.97 Å². The number of nitrogens with zero attached hydrogens (tertiary/aromatic N) is 3. The second-order valence-electron chi connectivity index (χ2n) is 7.11. The van der Waals surface area contributed by atoms with Gasteiger partial charge in [-0.15, -0.1) is 11.3 Å². The molecule has 2 aromatic heterocycles. The molecule has 0 aliphatic rings. The summed E-state index contributed by atoms with van der Waals surface area (Å²) in [5.41, 5.74) is 4.56. The molecule has 158 valence electrons. The number of carboxylic acids is 1. The summed E-state index contributed by atoms with van der Waals surface area (Å²) in [7, 11) is 1.88. The molecule has 3 rings (SSSR count). The van der Waals surface area contributed by atoms with Crippen LogP contribution in [0.5, 0.6) is 0 Å². The summed E-state index contributed by atoms with van der Waals surface area (Å²) in [6, 6.07) is 8.50. The van der Waals surface area contributed by atoms with Crippen LogP contribution in [0.1, 0.15) is 43.9 Å². The number of rotatable bonds is 8. The minimum Gasteiger partial charge on any atom is -0.478 e. The molecule has 0 saturated carbocycles. The number of thiophene rings is 1. The van der Waals surface area contributed by atoms with Gasteiger partial charge in [0, 0.05) is 31.5 Å². The molecule has 1 amide bonds. The number of aromatic nitrogens is 2. The van der Waals surface area contributed by atoms with Crippen LogP contribution in [0.2, 0.25) is 0 Å². The molecule has 2 heterocycles. The highest BCUT2D eigenvalue weighted by molar-refractivity contribution is 7.12. The van der Waals surface area contributed by atoms with Crippen molar-refractivity contribution in [3.8, 4) is 0 Å². The van der Waals surface area contributed by atoms with Crippen LogP contribution in [-0.4, -0.2) is 40.4 Å². The second kappa shape index (κ2) is 9.13. The Morgan fingerprint density at radius 3 is 2.63 bits per heavy atom. The molecule has 30 heavy (non-hydrogen) atoms. The van der Waals surface area contributed by atoms with Crippen LogP contribution in [0.25, 0.3) is 0 Å². The normalized spacial score (nSPS) is 10.8. The van der Waals surface area contributed by atoms with E-state index >= 15 is 0 Å². The Labute approximate surface area is 180 Å². The molecule has 0 atom stereocenters. The molecule has 8 heteroatoms. The average Bonchev–Trinajstić information content (AvgIpc) is 3.35. The van der Waals surface area contributed by atoms with E-state index in [2.05, 4.69) is 24.3 Å². The summed E-state index contributed by atoms with van der Waals surface area (Å²) >= 11 is 1.34. The van der Waals surface area contributed by atoms with Crippen molar-refractivity contribution in [1.29, 1.82) is 0 Å². The third kappa shape index (κ3) is 4.54. The number of hydrogen-bond donors (Lipinski definition) is 2. The Morgan fingerprint density at radius 2 is 2.03 bits per heavy atom. The number of likely N-dealkylation sites (N-methyl/N-ethyl adjacent to an activating group) is 1. The van der Waals surface area contributed by atoms with Gasteiger partial charge < -0.3 is 15.3 Å². The largest absolute Gasteiger partial charge is 0.478 e. The third-order valence-corrected chi connectivity index (χ3v) is 6.04. The number of hydrogen-bond acceptors (Lipinski definition) is 5. The number of aromatic carboxylic acids is 1. The predicted octanol–water partition coefficient (Wildman–Crippen LogP) is 4.21. The lowest BCUT2D eigenvalue weighted by Gasteiger charge is -2.22. The van der Waals surface area contributed by atoms with Crippen LogP contribution in [0.3, 0.4) is 0 Å². The van der Waals surface area contributed by atoms with Crippen LogP contribution in [-0.2, 0) is 13.0 Å². The maximum Gasteiger partial charge on any atom is 0.337 e. The number of nitrogens with one attached hydrogen (secondary N) is 1. The van der Waals surface area contributed by atoms with Gasteiger partial charge in [0.25, 0.3) is 5.91 Å². The fourth-order valence-electron chi connectivity index (χ4n) is 3.52. The van der Waals surface area contributed by atoms with Crippen LogP contribution in [0, 0.1) is 13.8 Å². The number of amides is 1. The summed E-state index contributed by atoms with van der Waals surface area (Å²) in [5, 5.41) is 18.9. The number of carbonyl (C=O) groups is 2. The molecule has 0 spiro atoms. The maximum atomic E-state index is 12.3. The van der Waals surface area contributed by atoms with Gasteiger partial charge in [-0.25, -0.2) is 4.79 Å². The first-order valence-electron chi connectivity index (χ1n) is 9.78. The van der Waals surface area contributed by atoms with Gasteiger partial charge in [0.15, 0.2) is 0 Å². The molecule has 1 aromatic carbocycles. The Morgan fingerprint density at radius 1 is 1.27 bits per heavy atom. The quantitative estimate of drug-likeness (QED) is 0.563. The molecule has 0 aliphatic carbocycles. The van der Waals surface area contributed by atoms with Crippen molar-refractivity contribution in [1.82, 2.24) is 9.78 Å². The molecule has 2 N–H and O–H groups in total. The van der Waals surface area contributed by atoms with E-state index in [-0.39, 0.29) is 11.5 Å². The molecular formula is C22H26N4O3S. The van der Waals surface area contributed by atoms with Gasteiger partial charge in [-0.05, 0) is 62.4 Å². The summed E-state index contributed by atoms with van der Waals surface area (Å²) in [6.07, 6.45) is 0.768. The van der Waals surface area contributed by atoms with Crippen molar-refractivity contribution in [2.45, 2.75) is 33.7 Å². The molecule has 0 unspecified atom stereocenters. The number of aryl methyl sites for hydroxylation is 2. The molecule has 3 aromatic rings. The summed E-state index contributed by atoms with van der Waals surface area (Å²) in [5.74, 6) is -1.28. The minimum atomic E-state index is -1.03. The highest BCUT2D eigenvalue weighted by Crippen LogP contribution is 2.25. The lowest BCUT2D eigenvalue weighted by Crippen LogP contribution is -2.23. The Kier molecular flexibility index (Phi) is 6.56. The van der Waals surface area contributed by atoms with E-state index in [0.717, 1.165) is 24.4 Å². The van der Waals surface area contributed by atoms with E-state index in [0.29, 0.717) is 22.8 Å². The number of carboxylic acid groups (broad SMARTS) is 1. The van der Waals surface area contributed by atoms with Crippen molar-refractivity contribution in [3.63, 3.8) is 0 Å². The zero-order valence-corrected chi connectivity index (χ0v) is 18.4. The van der Waals surface area contributed by atoms with Crippen molar-refractivity contribution >= 4 is 34.6 Å². The summed E-state index contributed by atoms with van der Waals surface area (Å²) in [4.78, 5) is 26.6. The predicted molar refractivity (Wildman–Crippen MR) is 120 cm³/mol. The standard InChI is InChI=1S/C22H26N4O3S/c1-5-26-15(3)17(14(2)24-26)10-11-25(4)19-9-8-16(13-18(19)22(28)29)23-21(27)20-7-6-12-30-20/h6-9,12-13H,5,10-11H2,1-4H3,(H,23,27)(H,28,29). The second-order valence-corrected chi connectivity index (χ2v) is 8.05. The van der Waals surface area contributed by atoms with E-state index in [9.17, 15) is 14.7 Å². The highest BCUT2D eigenvalue weighted by Gasteiger charge is 2.17. The minimum absolute atomic E-state index is 0.152. The maximum absolute atomic E-state index is 12.3. The molecule has 0 bridgehead atoms. The lowest BCUT2D eigenvalue weighted by molar-refractivity contribution is 0.0697. The first kappa shape index (κ1) is 21.6. The third-order valence-electron chi connectivity index (χ3n) is 5.17. The van der Waals surface area contributed by atoms with Gasteiger partial charge in [-0.1, -0.05) is 6.07 Å². The van der Waals surface area contributed by atoms with Gasteiger partial charge in [0.2, 0.25) is 0 Å². The van der Waals surface area contributed by atoms with Gasteiger partial charge >= 0.3 is 5.97 Å². The van der Waals surface area contributed by atoms with Gasteiger partial charge in [0.05, 0.1) is 21.8 Å². The lowest BCUT2D eigenvalue weighted by atomic mass is 10.1. The summed E-state index contributed by atoms with van der Waals surface area (Å²) < 4.78 is 1.98. The van der Waals surface area contributed by atoms with Gasteiger partial charge in [0.1, 0.15) is 0 Å². The van der Waals surface area contributed by atoms with E-state index in [1.54, 1.807) is 24.3 Å². The van der Waals surface area contributed by atoms with Crippen LogP contribution < -0.4 is 10.2 Å². The monoisotopic (exact) mass is 426 g/mol. The SMILES string of the molecule is CCn1nc(C)c(CCN(C)c2ccc(NC(=O)c3cccs3)cc2C(=O)O)c1C. The molecule has 7 nitrogen and oxygen atoms in total. The number of anilines is 2.